The molecule has 0 unspecified atom stereocenters. The van der Waals surface area contributed by atoms with Crippen molar-refractivity contribution in [2.75, 3.05) is 6.54 Å². The van der Waals surface area contributed by atoms with Crippen LogP contribution in [-0.4, -0.2) is 17.4 Å². The summed E-state index contributed by atoms with van der Waals surface area (Å²) in [7, 11) is 0. The highest BCUT2D eigenvalue weighted by Crippen LogP contribution is 2.23. The van der Waals surface area contributed by atoms with Gasteiger partial charge in [0.2, 0.25) is 4.80 Å². The molecule has 0 amide bonds. The fraction of sp³-hybridized carbons (Fsp3) is 0.143. The molecule has 3 aromatic rings. The number of aryl methyl sites for hydroxylation is 1. The van der Waals surface area contributed by atoms with Crippen LogP contribution in [-0.2, 0) is 0 Å². The first-order valence-electron chi connectivity index (χ1n) is 8.26. The maximum absolute atomic E-state index is 14.3. The Morgan fingerprint density at radius 3 is 2.62 bits per heavy atom. The molecule has 1 heterocycles. The van der Waals surface area contributed by atoms with Gasteiger partial charge < -0.3 is 0 Å². The van der Waals surface area contributed by atoms with Crippen molar-refractivity contribution < 1.29 is 4.39 Å². The zero-order chi connectivity index (χ0) is 18.5. The molecule has 3 nitrogen and oxygen atoms in total. The van der Waals surface area contributed by atoms with Crippen molar-refractivity contribution in [1.29, 1.82) is 0 Å². The summed E-state index contributed by atoms with van der Waals surface area (Å²) in [5, 5.41) is 6.45. The molecule has 0 N–H and O–H groups in total. The van der Waals surface area contributed by atoms with Gasteiger partial charge in [-0.1, -0.05) is 54.1 Å². The highest BCUT2D eigenvalue weighted by atomic mass is 32.1. The first-order valence-corrected chi connectivity index (χ1v) is 9.14. The van der Waals surface area contributed by atoms with E-state index in [9.17, 15) is 4.39 Å². The van der Waals surface area contributed by atoms with Gasteiger partial charge in [-0.25, -0.2) is 9.07 Å². The molecule has 0 aliphatic heterocycles. The van der Waals surface area contributed by atoms with E-state index in [1.165, 1.54) is 23.0 Å². The van der Waals surface area contributed by atoms with E-state index >= 15 is 0 Å². The molecular formula is C21H20FN3S. The summed E-state index contributed by atoms with van der Waals surface area (Å²) >= 11 is 1.43. The van der Waals surface area contributed by atoms with E-state index in [1.54, 1.807) is 23.0 Å². The van der Waals surface area contributed by atoms with E-state index < -0.39 is 0 Å². The van der Waals surface area contributed by atoms with Gasteiger partial charge in [0.25, 0.3) is 0 Å². The molecule has 26 heavy (non-hydrogen) atoms. The number of hydrogen-bond donors (Lipinski definition) is 0. The van der Waals surface area contributed by atoms with Gasteiger partial charge in [0.05, 0.1) is 18.5 Å². The van der Waals surface area contributed by atoms with E-state index in [4.69, 9.17) is 0 Å². The van der Waals surface area contributed by atoms with E-state index in [2.05, 4.69) is 16.7 Å². The average Bonchev–Trinajstić information content (AvgIpc) is 3.02. The van der Waals surface area contributed by atoms with Crippen molar-refractivity contribution in [3.8, 4) is 11.3 Å². The van der Waals surface area contributed by atoms with Crippen molar-refractivity contribution >= 4 is 17.6 Å². The SMILES string of the molecule is C=C(C)CN=c1scc(-c2ccccc2F)n1N=Cc1ccc(C)cc1. The summed E-state index contributed by atoms with van der Waals surface area (Å²) in [6.07, 6.45) is 1.76. The first-order chi connectivity index (χ1) is 12.5. The predicted molar refractivity (Wildman–Crippen MR) is 107 cm³/mol. The minimum Gasteiger partial charge on any atom is -0.253 e. The summed E-state index contributed by atoms with van der Waals surface area (Å²) in [4.78, 5) is 5.26. The molecule has 2 aromatic carbocycles. The second-order valence-corrected chi connectivity index (χ2v) is 6.96. The van der Waals surface area contributed by atoms with Gasteiger partial charge >= 0.3 is 0 Å². The van der Waals surface area contributed by atoms with Crippen LogP contribution < -0.4 is 4.80 Å². The molecular weight excluding hydrogens is 345 g/mol. The lowest BCUT2D eigenvalue weighted by atomic mass is 10.1. The number of benzene rings is 2. The molecule has 5 heteroatoms. The third-order valence-corrected chi connectivity index (χ3v) is 4.57. The largest absolute Gasteiger partial charge is 0.253 e. The fourth-order valence-corrected chi connectivity index (χ4v) is 3.18. The first kappa shape index (κ1) is 18.0. The van der Waals surface area contributed by atoms with E-state index in [1.807, 2.05) is 49.6 Å². The van der Waals surface area contributed by atoms with Gasteiger partial charge in [0, 0.05) is 10.9 Å². The molecule has 3 rings (SSSR count). The molecule has 132 valence electrons. The summed E-state index contributed by atoms with van der Waals surface area (Å²) in [6, 6.07) is 14.8. The van der Waals surface area contributed by atoms with Gasteiger partial charge in [-0.05, 0) is 31.5 Å². The fourth-order valence-electron chi connectivity index (χ4n) is 2.35. The Kier molecular flexibility index (Phi) is 5.58. The van der Waals surface area contributed by atoms with E-state index in [-0.39, 0.29) is 5.82 Å². The van der Waals surface area contributed by atoms with Crippen LogP contribution in [0, 0.1) is 12.7 Å². The van der Waals surface area contributed by atoms with Crippen LogP contribution in [0.2, 0.25) is 0 Å². The van der Waals surface area contributed by atoms with Crippen LogP contribution in [0.5, 0.6) is 0 Å². The second kappa shape index (κ2) is 8.06. The number of nitrogens with zero attached hydrogens (tertiary/aromatic N) is 3. The lowest BCUT2D eigenvalue weighted by Crippen LogP contribution is -2.13. The zero-order valence-corrected chi connectivity index (χ0v) is 15.6. The Morgan fingerprint density at radius 1 is 1.19 bits per heavy atom. The molecule has 0 aliphatic carbocycles. The maximum Gasteiger partial charge on any atom is 0.206 e. The topological polar surface area (TPSA) is 29.6 Å². The molecule has 0 saturated carbocycles. The summed E-state index contributed by atoms with van der Waals surface area (Å²) in [6.45, 7) is 8.36. The standard InChI is InChI=1S/C21H20FN3S/c1-15(2)12-23-21-25(24-13-17-10-8-16(3)9-11-17)20(14-26-21)18-6-4-5-7-19(18)22/h4-11,13-14H,1,12H2,2-3H3. The van der Waals surface area contributed by atoms with E-state index in [0.29, 0.717) is 22.6 Å². The molecule has 0 atom stereocenters. The Morgan fingerprint density at radius 2 is 1.92 bits per heavy atom. The third-order valence-electron chi connectivity index (χ3n) is 3.72. The number of halogens is 1. The van der Waals surface area contributed by atoms with E-state index in [0.717, 1.165) is 11.1 Å². The Labute approximate surface area is 156 Å². The van der Waals surface area contributed by atoms with Gasteiger partial charge in [-0.2, -0.15) is 5.10 Å². The van der Waals surface area contributed by atoms with Crippen LogP contribution in [0.25, 0.3) is 11.3 Å². The van der Waals surface area contributed by atoms with Crippen LogP contribution in [0.4, 0.5) is 4.39 Å². The van der Waals surface area contributed by atoms with Crippen LogP contribution in [0.15, 0.2) is 76.2 Å². The second-order valence-electron chi connectivity index (χ2n) is 6.12. The van der Waals surface area contributed by atoms with Crippen LogP contribution in [0.3, 0.4) is 0 Å². The molecule has 0 aliphatic rings. The molecule has 0 spiro atoms. The Balaban J connectivity index is 2.09. The number of thiazole rings is 1. The minimum atomic E-state index is -0.281. The summed E-state index contributed by atoms with van der Waals surface area (Å²) in [5.41, 5.74) is 4.30. The Bertz CT molecular complexity index is 1010. The van der Waals surface area contributed by atoms with Crippen molar-refractivity contribution in [3.05, 3.63) is 87.8 Å². The zero-order valence-electron chi connectivity index (χ0n) is 14.8. The van der Waals surface area contributed by atoms with Crippen LogP contribution in [0.1, 0.15) is 18.1 Å². The monoisotopic (exact) mass is 365 g/mol. The number of aromatic nitrogens is 1. The third kappa shape index (κ3) is 4.24. The highest BCUT2D eigenvalue weighted by molar-refractivity contribution is 7.07. The van der Waals surface area contributed by atoms with Crippen LogP contribution >= 0.6 is 11.3 Å². The Hall–Kier alpha value is -2.79. The van der Waals surface area contributed by atoms with Gasteiger partial charge in [-0.15, -0.1) is 11.3 Å². The number of hydrogen-bond acceptors (Lipinski definition) is 3. The summed E-state index contributed by atoms with van der Waals surface area (Å²) < 4.78 is 16.0. The molecule has 0 fully saturated rings. The van der Waals surface area contributed by atoms with Crippen molar-refractivity contribution in [1.82, 2.24) is 4.68 Å². The minimum absolute atomic E-state index is 0.281. The number of rotatable bonds is 5. The maximum atomic E-state index is 14.3. The summed E-state index contributed by atoms with van der Waals surface area (Å²) in [5.74, 6) is -0.281. The normalized spacial score (nSPS) is 12.0. The van der Waals surface area contributed by atoms with Gasteiger partial charge in [-0.3, -0.25) is 4.99 Å². The predicted octanol–water partition coefficient (Wildman–Crippen LogP) is 5.02. The van der Waals surface area contributed by atoms with Gasteiger partial charge in [0.15, 0.2) is 0 Å². The van der Waals surface area contributed by atoms with Crippen molar-refractivity contribution in [2.45, 2.75) is 13.8 Å². The van der Waals surface area contributed by atoms with Crippen molar-refractivity contribution in [2.24, 2.45) is 10.1 Å². The smallest absolute Gasteiger partial charge is 0.206 e. The van der Waals surface area contributed by atoms with Gasteiger partial charge in [0.1, 0.15) is 5.82 Å². The average molecular weight is 365 g/mol. The van der Waals surface area contributed by atoms with Crippen molar-refractivity contribution in [3.63, 3.8) is 0 Å². The lowest BCUT2D eigenvalue weighted by molar-refractivity contribution is 0.629. The molecule has 1 aromatic heterocycles. The molecule has 0 saturated heterocycles. The quantitative estimate of drug-likeness (QED) is 0.449. The molecule has 0 bridgehead atoms. The lowest BCUT2D eigenvalue weighted by Gasteiger charge is -2.05. The molecule has 0 radical (unpaired) electrons. The highest BCUT2D eigenvalue weighted by Gasteiger charge is 2.11.